The molecule has 3 rings (SSSR count). The number of carbonyl (C=O) groups excluding carboxylic acids is 1. The lowest BCUT2D eigenvalue weighted by molar-refractivity contribution is 0.102. The van der Waals surface area contributed by atoms with E-state index in [1.807, 2.05) is 0 Å². The molecule has 0 saturated carbocycles. The SMILES string of the molecule is COc1ccc(S(=O)(=O)C[C@H]2CCNC2)cc1C(=O)Nc1cc(F)ccc1Cl.S. The number of hydrogen-bond acceptors (Lipinski definition) is 5. The second-order valence-electron chi connectivity index (χ2n) is 6.58. The number of rotatable bonds is 6. The zero-order valence-corrected chi connectivity index (χ0v) is 18.2. The molecule has 0 bridgehead atoms. The molecule has 0 aromatic heterocycles. The summed E-state index contributed by atoms with van der Waals surface area (Å²) in [5, 5.41) is 5.80. The first-order chi connectivity index (χ1) is 13.3. The van der Waals surface area contributed by atoms with Gasteiger partial charge in [0.25, 0.3) is 5.91 Å². The molecule has 1 saturated heterocycles. The van der Waals surface area contributed by atoms with Gasteiger partial charge in [-0.15, -0.1) is 0 Å². The first-order valence-corrected chi connectivity index (χ1v) is 10.7. The molecule has 1 aliphatic rings. The Kier molecular flexibility index (Phi) is 7.93. The quantitative estimate of drug-likeness (QED) is 0.691. The number of methoxy groups -OCH3 is 1. The van der Waals surface area contributed by atoms with Gasteiger partial charge in [-0.3, -0.25) is 4.79 Å². The van der Waals surface area contributed by atoms with Gasteiger partial charge in [-0.25, -0.2) is 12.8 Å². The smallest absolute Gasteiger partial charge is 0.259 e. The maximum atomic E-state index is 13.4. The molecule has 0 aliphatic carbocycles. The van der Waals surface area contributed by atoms with E-state index in [1.54, 1.807) is 0 Å². The topological polar surface area (TPSA) is 84.5 Å². The van der Waals surface area contributed by atoms with E-state index >= 15 is 0 Å². The van der Waals surface area contributed by atoms with E-state index in [-0.39, 0.29) is 52.1 Å². The Balaban J connectivity index is 0.00000300. The third-order valence-electron chi connectivity index (χ3n) is 4.57. The van der Waals surface area contributed by atoms with Crippen LogP contribution in [0, 0.1) is 11.7 Å². The van der Waals surface area contributed by atoms with E-state index in [4.69, 9.17) is 16.3 Å². The maximum absolute atomic E-state index is 13.4. The molecule has 0 unspecified atom stereocenters. The highest BCUT2D eigenvalue weighted by molar-refractivity contribution is 7.91. The van der Waals surface area contributed by atoms with Crippen molar-refractivity contribution in [1.29, 1.82) is 0 Å². The molecule has 1 amide bonds. The summed E-state index contributed by atoms with van der Waals surface area (Å²) in [5.74, 6) is -0.970. The Morgan fingerprint density at radius 3 is 2.72 bits per heavy atom. The van der Waals surface area contributed by atoms with Crippen molar-refractivity contribution in [2.45, 2.75) is 11.3 Å². The Morgan fingerprint density at radius 1 is 1.31 bits per heavy atom. The van der Waals surface area contributed by atoms with Crippen LogP contribution in [-0.4, -0.2) is 40.3 Å². The third-order valence-corrected chi connectivity index (χ3v) is 6.78. The molecule has 158 valence electrons. The van der Waals surface area contributed by atoms with Gasteiger partial charge in [0, 0.05) is 0 Å². The predicted octanol–water partition coefficient (Wildman–Crippen LogP) is 3.24. The van der Waals surface area contributed by atoms with Crippen molar-refractivity contribution in [3.63, 3.8) is 0 Å². The lowest BCUT2D eigenvalue weighted by atomic mass is 10.1. The summed E-state index contributed by atoms with van der Waals surface area (Å²) in [5.41, 5.74) is 0.104. The zero-order chi connectivity index (χ0) is 20.3. The van der Waals surface area contributed by atoms with E-state index in [1.165, 1.54) is 37.4 Å². The molecule has 2 N–H and O–H groups in total. The van der Waals surface area contributed by atoms with E-state index in [0.717, 1.165) is 19.0 Å². The van der Waals surface area contributed by atoms with Crippen LogP contribution in [-0.2, 0) is 9.84 Å². The number of amides is 1. The Labute approximate surface area is 181 Å². The minimum atomic E-state index is -3.57. The van der Waals surface area contributed by atoms with Crippen molar-refractivity contribution in [3.8, 4) is 5.75 Å². The molecule has 2 aromatic rings. The van der Waals surface area contributed by atoms with Crippen LogP contribution in [0.15, 0.2) is 41.3 Å². The molecule has 6 nitrogen and oxygen atoms in total. The monoisotopic (exact) mass is 460 g/mol. The Bertz CT molecular complexity index is 996. The molecule has 2 aromatic carbocycles. The fraction of sp³-hybridized carbons (Fsp3) is 0.316. The average Bonchev–Trinajstić information content (AvgIpc) is 3.16. The van der Waals surface area contributed by atoms with E-state index in [0.29, 0.717) is 6.54 Å². The van der Waals surface area contributed by atoms with Gasteiger partial charge in [0.05, 0.1) is 34.0 Å². The van der Waals surface area contributed by atoms with E-state index in [2.05, 4.69) is 10.6 Å². The number of nitrogens with one attached hydrogen (secondary N) is 2. The van der Waals surface area contributed by atoms with Crippen molar-refractivity contribution in [1.82, 2.24) is 5.32 Å². The Morgan fingerprint density at radius 2 is 2.07 bits per heavy atom. The summed E-state index contributed by atoms with van der Waals surface area (Å²) in [6, 6.07) is 7.70. The average molecular weight is 461 g/mol. The van der Waals surface area contributed by atoms with Gasteiger partial charge in [-0.05, 0) is 61.8 Å². The van der Waals surface area contributed by atoms with Gasteiger partial charge < -0.3 is 15.4 Å². The van der Waals surface area contributed by atoms with Crippen LogP contribution < -0.4 is 15.4 Å². The minimum absolute atomic E-state index is 0. The highest BCUT2D eigenvalue weighted by atomic mass is 35.5. The van der Waals surface area contributed by atoms with Crippen molar-refractivity contribution in [3.05, 3.63) is 52.8 Å². The molecular weight excluding hydrogens is 439 g/mol. The van der Waals surface area contributed by atoms with Gasteiger partial charge >= 0.3 is 0 Å². The summed E-state index contributed by atoms with van der Waals surface area (Å²) in [6.07, 6.45) is 0.792. The third kappa shape index (κ3) is 5.63. The molecule has 1 heterocycles. The molecule has 10 heteroatoms. The normalized spacial score (nSPS) is 16.2. The van der Waals surface area contributed by atoms with Crippen LogP contribution in [0.5, 0.6) is 5.75 Å². The molecular formula is C19H22ClFN2O4S2. The largest absolute Gasteiger partial charge is 0.496 e. The molecule has 1 atom stereocenters. The number of hydrogen-bond donors (Lipinski definition) is 2. The first kappa shape index (κ1) is 23.5. The molecule has 29 heavy (non-hydrogen) atoms. The number of carbonyl (C=O) groups is 1. The Hall–Kier alpha value is -1.81. The number of anilines is 1. The molecule has 1 aliphatic heterocycles. The summed E-state index contributed by atoms with van der Waals surface area (Å²) < 4.78 is 44.1. The van der Waals surface area contributed by atoms with Gasteiger partial charge in [-0.1, -0.05) is 11.6 Å². The molecule has 0 radical (unpaired) electrons. The second-order valence-corrected chi connectivity index (χ2v) is 9.02. The lowest BCUT2D eigenvalue weighted by Crippen LogP contribution is -2.20. The maximum Gasteiger partial charge on any atom is 0.259 e. The zero-order valence-electron chi connectivity index (χ0n) is 15.7. The predicted molar refractivity (Wildman–Crippen MR) is 116 cm³/mol. The first-order valence-electron chi connectivity index (χ1n) is 8.68. The number of ether oxygens (including phenoxy) is 1. The summed E-state index contributed by atoms with van der Waals surface area (Å²) in [4.78, 5) is 12.7. The van der Waals surface area contributed by atoms with Crippen LogP contribution >= 0.6 is 25.1 Å². The fourth-order valence-corrected chi connectivity index (χ4v) is 4.94. The molecule has 0 spiro atoms. The second kappa shape index (κ2) is 9.80. The minimum Gasteiger partial charge on any atom is -0.496 e. The van der Waals surface area contributed by atoms with Crippen molar-refractivity contribution in [2.24, 2.45) is 5.92 Å². The van der Waals surface area contributed by atoms with Gasteiger partial charge in [0.2, 0.25) is 0 Å². The fourth-order valence-electron chi connectivity index (χ4n) is 3.10. The van der Waals surface area contributed by atoms with E-state index in [9.17, 15) is 17.6 Å². The van der Waals surface area contributed by atoms with Crippen LogP contribution in [0.25, 0.3) is 0 Å². The summed E-state index contributed by atoms with van der Waals surface area (Å²) in [6.45, 7) is 1.45. The van der Waals surface area contributed by atoms with Gasteiger partial charge in [-0.2, -0.15) is 13.5 Å². The van der Waals surface area contributed by atoms with Crippen LogP contribution in [0.3, 0.4) is 0 Å². The van der Waals surface area contributed by atoms with Gasteiger partial charge in [0.15, 0.2) is 9.84 Å². The van der Waals surface area contributed by atoms with Crippen molar-refractivity contribution < 1.29 is 22.3 Å². The van der Waals surface area contributed by atoms with Crippen LogP contribution in [0.4, 0.5) is 10.1 Å². The van der Waals surface area contributed by atoms with Crippen molar-refractivity contribution >= 4 is 46.5 Å². The van der Waals surface area contributed by atoms with E-state index < -0.39 is 21.6 Å². The highest BCUT2D eigenvalue weighted by Crippen LogP contribution is 2.28. The van der Waals surface area contributed by atoms with Crippen LogP contribution in [0.2, 0.25) is 5.02 Å². The van der Waals surface area contributed by atoms with Crippen molar-refractivity contribution in [2.75, 3.05) is 31.3 Å². The number of sulfone groups is 1. The standard InChI is InChI=1S/C19H20ClFN2O4S.H2S/c1-27-18-5-3-14(28(25,26)11-12-6-7-22-10-12)9-15(18)19(24)23-17-8-13(21)2-4-16(17)20;/h2-5,8-9,12,22H,6-7,10-11H2,1H3,(H,23,24);1H2/t12-;/m0./s1. The highest BCUT2D eigenvalue weighted by Gasteiger charge is 2.26. The summed E-state index contributed by atoms with van der Waals surface area (Å²) >= 11 is 5.99. The molecule has 1 fully saturated rings. The summed E-state index contributed by atoms with van der Waals surface area (Å²) in [7, 11) is -2.20. The van der Waals surface area contributed by atoms with Gasteiger partial charge in [0.1, 0.15) is 11.6 Å². The number of halogens is 2. The lowest BCUT2D eigenvalue weighted by Gasteiger charge is -2.14. The van der Waals surface area contributed by atoms with Crippen LogP contribution in [0.1, 0.15) is 16.8 Å². The number of benzene rings is 2.